The molecule has 0 spiro atoms. The van der Waals surface area contributed by atoms with Crippen LogP contribution in [0, 0.1) is 5.92 Å². The number of hydrogen-bond donors (Lipinski definition) is 18. The Balaban J connectivity index is 4.17. The summed E-state index contributed by atoms with van der Waals surface area (Å²) in [6.07, 6.45) is 18.5. The maximum atomic E-state index is 13.2. The molecule has 0 bridgehead atoms. The van der Waals surface area contributed by atoms with Crippen LogP contribution in [0.4, 0.5) is 0 Å². The van der Waals surface area contributed by atoms with E-state index in [1.54, 1.807) is 13.6 Å². The molecule has 1 unspecified atom stereocenters. The molecule has 0 aromatic heterocycles. The molecule has 0 aromatic rings. The topological polar surface area (TPSA) is 455 Å². The van der Waals surface area contributed by atoms with Gasteiger partial charge in [-0.3, -0.25) is 19.2 Å². The van der Waals surface area contributed by atoms with Crippen molar-refractivity contribution in [2.45, 2.75) is 287 Å². The van der Waals surface area contributed by atoms with Gasteiger partial charge in [0.15, 0.2) is 12.2 Å². The summed E-state index contributed by atoms with van der Waals surface area (Å²) in [4.78, 5) is 73.6. The first-order chi connectivity index (χ1) is 46.7. The number of aliphatic imine (C=N–C) groups is 1. The summed E-state index contributed by atoms with van der Waals surface area (Å²) in [6, 6.07) is 0. The monoisotopic (exact) mass is 1380 g/mol. The van der Waals surface area contributed by atoms with E-state index in [0.717, 1.165) is 121 Å². The Kier molecular flexibility index (Phi) is 61.7. The molecule has 18 N–H and O–H groups in total. The molecule has 0 radical (unpaired) electrons. The van der Waals surface area contributed by atoms with Crippen molar-refractivity contribution < 1.29 is 94.4 Å². The van der Waals surface area contributed by atoms with Gasteiger partial charge in [-0.2, -0.15) is 0 Å². The molecule has 28 nitrogen and oxygen atoms in total. The van der Waals surface area contributed by atoms with Crippen LogP contribution in [0.3, 0.4) is 0 Å². The first kappa shape index (κ1) is 93.1. The Bertz CT molecular complexity index is 1990. The van der Waals surface area contributed by atoms with Gasteiger partial charge in [0.05, 0.1) is 13.2 Å². The summed E-state index contributed by atoms with van der Waals surface area (Å²) in [6.45, 7) is 4.65. The number of carbonyl (C=O) groups is 5. The molecule has 5 amide bonds. The first-order valence-corrected chi connectivity index (χ1v) is 36.6. The van der Waals surface area contributed by atoms with E-state index in [0.29, 0.717) is 57.8 Å². The Morgan fingerprint density at radius 3 is 1.26 bits per heavy atom. The van der Waals surface area contributed by atoms with Crippen LogP contribution < -0.4 is 31.7 Å². The van der Waals surface area contributed by atoms with Gasteiger partial charge < -0.3 is 71.9 Å². The second kappa shape index (κ2) is 64.2. The number of nitrogens with one attached hydrogen (secondary N) is 6. The van der Waals surface area contributed by atoms with E-state index in [9.17, 15) is 79.6 Å². The number of unbranched alkanes of at least 4 members (excludes halogenated alkanes) is 26. The zero-order valence-corrected chi connectivity index (χ0v) is 59.0. The quantitative estimate of drug-likeness (QED) is 0.0230. The normalized spacial score (nSPS) is 14.5. The van der Waals surface area contributed by atoms with Gasteiger partial charge >= 0.3 is 226 Å². The molecule has 9 atom stereocenters. The molecule has 0 aliphatic carbocycles. The van der Waals surface area contributed by atoms with E-state index in [4.69, 9.17) is 14.9 Å². The first-order valence-electron chi connectivity index (χ1n) is 36.6. The molecule has 0 heterocycles. The third-order valence-corrected chi connectivity index (χ3v) is 17.0. The van der Waals surface area contributed by atoms with E-state index in [1.807, 2.05) is 0 Å². The standard InChI is InChI=1S/C65H129B4N9O19/c1-68(95)76-40-30-24-32-46-97-67-75-48-51(47-74-54(66-94)34-27-31-41-77-69(2)96)33-25-21-23-29-38-70-55(83)35-26-20-18-16-14-12-10-8-6-4-3-5-7-9-11-13-15-17-19-22-28-39-71-56(84)36-37-57(85)78(44-42-72-64(92)62(90)60(88)58(86)52(81)49-79)45-43-73-65(93)63(91)61(89)59(87)53(82)50-80/h51-53,58-63,76-77,79-82,86-91,95-96H,3-50H2,1-2H3,(H,70,83)(H,71,84)(H,72,92)(H,73,93)/t51?,52-,53+,58+,59-,60-,61+,62+,63-. The van der Waals surface area contributed by atoms with Gasteiger partial charge in [0, 0.05) is 45.6 Å². The van der Waals surface area contributed by atoms with Gasteiger partial charge in [0.2, 0.25) is 11.8 Å². The van der Waals surface area contributed by atoms with Crippen molar-refractivity contribution in [1.29, 1.82) is 0 Å². The number of carbonyl (C=O) groups excluding carboxylic acids is 5. The molecule has 32 heteroatoms. The van der Waals surface area contributed by atoms with Crippen molar-refractivity contribution >= 4 is 63.7 Å². The molecule has 0 aliphatic rings. The third kappa shape index (κ3) is 53.6. The minimum atomic E-state index is -2.23. The van der Waals surface area contributed by atoms with Crippen molar-refractivity contribution in [3.8, 4) is 0 Å². The zero-order valence-electron chi connectivity index (χ0n) is 59.0. The van der Waals surface area contributed by atoms with Gasteiger partial charge in [-0.1, -0.05) is 122 Å². The van der Waals surface area contributed by atoms with Crippen molar-refractivity contribution in [3.63, 3.8) is 0 Å². The SMILES string of the molecule is CB(O)NCCCCCOB=NCC(CCCCCCNC(=O)CCCCCCCCCCCCCCCCCCCCCCCNC(=O)CCC(=O)N(CCNC(=O)[C@@H](O)[C@H](O)[C@@H](O)[C@H](O)CO)CCNC(=O)[C@H](O)[C@@H](O)[C@H](O)[C@@H](O)CO)CN=C(B=O)CCCCNB(C)O. The average molecular weight is 1380 g/mol. The molecular formula is C65H129B4N9O19. The predicted molar refractivity (Wildman–Crippen MR) is 377 cm³/mol. The van der Waals surface area contributed by atoms with Crippen LogP contribution in [0.5, 0.6) is 0 Å². The Hall–Kier alpha value is -3.88. The molecule has 560 valence electrons. The van der Waals surface area contributed by atoms with Crippen LogP contribution in [0.15, 0.2) is 9.89 Å². The van der Waals surface area contributed by atoms with E-state index in [1.165, 1.54) is 104 Å². The third-order valence-electron chi connectivity index (χ3n) is 17.0. The van der Waals surface area contributed by atoms with Crippen molar-refractivity contribution in [2.24, 2.45) is 15.8 Å². The van der Waals surface area contributed by atoms with E-state index in [-0.39, 0.29) is 56.8 Å². The van der Waals surface area contributed by atoms with E-state index >= 15 is 0 Å². The zero-order chi connectivity index (χ0) is 72.1. The molecule has 0 saturated carbocycles. The number of hydrogen-bond acceptors (Lipinski definition) is 23. The second-order valence-electron chi connectivity index (χ2n) is 25.8. The fraction of sp³-hybridized carbons (Fsp3) is 0.908. The number of nitrogens with zero attached hydrogens (tertiary/aromatic N) is 3. The summed E-state index contributed by atoms with van der Waals surface area (Å²) in [5, 5.41) is 132. The molecule has 0 fully saturated rings. The van der Waals surface area contributed by atoms with Crippen molar-refractivity contribution in [3.05, 3.63) is 0 Å². The fourth-order valence-corrected chi connectivity index (χ4v) is 10.7. The predicted octanol–water partition coefficient (Wildman–Crippen LogP) is 1.09. The van der Waals surface area contributed by atoms with Gasteiger partial charge in [0.1, 0.15) is 36.6 Å². The maximum absolute atomic E-state index is 13.2. The Morgan fingerprint density at radius 2 is 0.825 bits per heavy atom. The van der Waals surface area contributed by atoms with Crippen LogP contribution >= 0.6 is 0 Å². The van der Waals surface area contributed by atoms with Crippen molar-refractivity contribution in [1.82, 2.24) is 36.6 Å². The van der Waals surface area contributed by atoms with E-state index in [2.05, 4.69) is 41.6 Å². The number of aliphatic hydroxyl groups excluding tert-OH is 10. The molecular weight excluding hydrogens is 1250 g/mol. The van der Waals surface area contributed by atoms with Gasteiger partial charge in [-0.25, -0.2) is 0 Å². The van der Waals surface area contributed by atoms with Crippen LogP contribution in [0.1, 0.15) is 225 Å². The van der Waals surface area contributed by atoms with Crippen LogP contribution in [0.2, 0.25) is 13.6 Å². The van der Waals surface area contributed by atoms with Gasteiger partial charge in [0.25, 0.3) is 11.8 Å². The van der Waals surface area contributed by atoms with Gasteiger partial charge in [-0.05, 0) is 12.8 Å². The molecule has 97 heavy (non-hydrogen) atoms. The molecule has 0 saturated heterocycles. The number of aliphatic hydroxyl groups is 10. The minimum absolute atomic E-state index is 0.143. The van der Waals surface area contributed by atoms with Crippen LogP contribution in [-0.4, -0.2) is 264 Å². The fourth-order valence-electron chi connectivity index (χ4n) is 10.7. The number of amides is 5. The summed E-state index contributed by atoms with van der Waals surface area (Å²) in [5.74, 6) is -2.96. The number of rotatable bonds is 69. The summed E-state index contributed by atoms with van der Waals surface area (Å²) in [5.41, 5.74) is 0.567. The van der Waals surface area contributed by atoms with Crippen LogP contribution in [0.25, 0.3) is 0 Å². The Labute approximate surface area is 580 Å². The molecule has 0 aromatic carbocycles. The van der Waals surface area contributed by atoms with Crippen LogP contribution in [-0.2, 0) is 33.3 Å². The van der Waals surface area contributed by atoms with Crippen molar-refractivity contribution in [2.75, 3.05) is 85.3 Å². The van der Waals surface area contributed by atoms with E-state index < -0.39 is 93.9 Å². The Morgan fingerprint density at radius 1 is 0.443 bits per heavy atom. The second-order valence-corrected chi connectivity index (χ2v) is 25.8. The molecule has 0 rings (SSSR count). The van der Waals surface area contributed by atoms with Gasteiger partial charge in [-0.15, -0.1) is 0 Å². The summed E-state index contributed by atoms with van der Waals surface area (Å²) < 4.78 is 17.4. The summed E-state index contributed by atoms with van der Waals surface area (Å²) in [7, 11) is 1.34. The average Bonchev–Trinajstić information content (AvgIpc) is 0.959. The summed E-state index contributed by atoms with van der Waals surface area (Å²) >= 11 is 0. The molecule has 0 aliphatic heterocycles.